The molecule has 0 saturated carbocycles. The van der Waals surface area contributed by atoms with E-state index in [-0.39, 0.29) is 5.91 Å². The second-order valence-corrected chi connectivity index (χ2v) is 5.77. The molecule has 1 amide bonds. The average molecular weight is 296 g/mol. The molecule has 0 aromatic heterocycles. The van der Waals surface area contributed by atoms with Crippen LogP contribution in [0.5, 0.6) is 0 Å². The van der Waals surface area contributed by atoms with Crippen LogP contribution in [-0.4, -0.2) is 17.8 Å². The summed E-state index contributed by atoms with van der Waals surface area (Å²) in [6.45, 7) is 7.03. The van der Waals surface area contributed by atoms with Gasteiger partial charge in [0, 0.05) is 12.2 Å². The molecule has 0 heterocycles. The molecule has 2 nitrogen and oxygen atoms in total. The number of nitrogens with zero attached hydrogens (tertiary/aromatic N) is 1. The molecule has 0 aliphatic rings. The summed E-state index contributed by atoms with van der Waals surface area (Å²) in [6, 6.07) is 8.02. The molecule has 1 unspecified atom stereocenters. The molecule has 1 atom stereocenters. The molecule has 0 bridgehead atoms. The Bertz CT molecular complexity index is 419. The first-order chi connectivity index (χ1) is 9.61. The summed E-state index contributed by atoms with van der Waals surface area (Å²) in [5, 5.41) is -0.411. The fraction of sp³-hybridized carbons (Fsp3) is 0.588. The van der Waals surface area contributed by atoms with Gasteiger partial charge in [0.05, 0.1) is 0 Å². The van der Waals surface area contributed by atoms with Crippen LogP contribution in [0.1, 0.15) is 51.5 Å². The first kappa shape index (κ1) is 17.0. The van der Waals surface area contributed by atoms with Gasteiger partial charge in [0.15, 0.2) is 0 Å². The number of anilines is 1. The molecule has 0 aliphatic carbocycles. The van der Waals surface area contributed by atoms with Crippen LogP contribution in [0, 0.1) is 6.92 Å². The predicted molar refractivity (Wildman–Crippen MR) is 87.6 cm³/mol. The molecule has 0 fully saturated rings. The van der Waals surface area contributed by atoms with E-state index in [4.69, 9.17) is 11.6 Å². The number of alkyl halides is 1. The van der Waals surface area contributed by atoms with E-state index in [1.54, 1.807) is 0 Å². The smallest absolute Gasteiger partial charge is 0.245 e. The lowest BCUT2D eigenvalue weighted by atomic mass is 10.1. The number of hydrogen-bond acceptors (Lipinski definition) is 1. The fourth-order valence-electron chi connectivity index (χ4n) is 2.21. The van der Waals surface area contributed by atoms with Crippen molar-refractivity contribution in [2.24, 2.45) is 0 Å². The van der Waals surface area contributed by atoms with Crippen LogP contribution >= 0.6 is 11.6 Å². The van der Waals surface area contributed by atoms with Crippen molar-refractivity contribution in [1.82, 2.24) is 0 Å². The Hall–Kier alpha value is -1.02. The van der Waals surface area contributed by atoms with Gasteiger partial charge in [0.1, 0.15) is 5.38 Å². The summed E-state index contributed by atoms with van der Waals surface area (Å²) in [4.78, 5) is 14.5. The quantitative estimate of drug-likeness (QED) is 0.623. The Morgan fingerprint density at radius 3 is 2.45 bits per heavy atom. The molecular weight excluding hydrogens is 270 g/mol. The molecule has 112 valence electrons. The maximum atomic E-state index is 12.6. The Labute approximate surface area is 128 Å². The van der Waals surface area contributed by atoms with E-state index in [1.807, 2.05) is 36.1 Å². The van der Waals surface area contributed by atoms with E-state index in [2.05, 4.69) is 13.8 Å². The summed E-state index contributed by atoms with van der Waals surface area (Å²) in [5.41, 5.74) is 2.12. The van der Waals surface area contributed by atoms with Crippen molar-refractivity contribution in [3.8, 4) is 0 Å². The first-order valence-corrected chi connectivity index (χ1v) is 8.06. The van der Waals surface area contributed by atoms with Crippen molar-refractivity contribution in [3.63, 3.8) is 0 Å². The highest BCUT2D eigenvalue weighted by Gasteiger charge is 2.23. The Kier molecular flexibility index (Phi) is 7.68. The number of rotatable bonds is 8. The standard InChI is InChI=1S/C17H26ClNO/c1-4-6-11-15(18)17(20)19(13-7-5-2)16-12-9-8-10-14(16)3/h8-10,12,15H,4-7,11,13H2,1-3H3. The number of unbranched alkanes of at least 4 members (excludes halogenated alkanes) is 2. The highest BCUT2D eigenvalue weighted by Crippen LogP contribution is 2.23. The second kappa shape index (κ2) is 9.02. The van der Waals surface area contributed by atoms with E-state index < -0.39 is 5.38 Å². The Morgan fingerprint density at radius 2 is 1.85 bits per heavy atom. The van der Waals surface area contributed by atoms with Crippen molar-refractivity contribution < 1.29 is 4.79 Å². The van der Waals surface area contributed by atoms with Gasteiger partial charge in [-0.1, -0.05) is 51.3 Å². The normalized spacial score (nSPS) is 12.2. The lowest BCUT2D eigenvalue weighted by Crippen LogP contribution is -2.38. The van der Waals surface area contributed by atoms with Gasteiger partial charge in [-0.05, 0) is 31.4 Å². The molecule has 0 aliphatic heterocycles. The van der Waals surface area contributed by atoms with Crippen LogP contribution in [0.2, 0.25) is 0 Å². The molecular formula is C17H26ClNO. The van der Waals surface area contributed by atoms with Crippen molar-refractivity contribution in [1.29, 1.82) is 0 Å². The topological polar surface area (TPSA) is 20.3 Å². The Balaban J connectivity index is 2.88. The fourth-order valence-corrected chi connectivity index (χ4v) is 2.48. The van der Waals surface area contributed by atoms with E-state index in [0.717, 1.165) is 49.9 Å². The third-order valence-electron chi connectivity index (χ3n) is 3.49. The maximum absolute atomic E-state index is 12.6. The number of aryl methyl sites for hydroxylation is 1. The highest BCUT2D eigenvalue weighted by atomic mass is 35.5. The van der Waals surface area contributed by atoms with Gasteiger partial charge in [-0.15, -0.1) is 11.6 Å². The number of amides is 1. The molecule has 3 heteroatoms. The zero-order valence-corrected chi connectivity index (χ0v) is 13.6. The third-order valence-corrected chi connectivity index (χ3v) is 3.89. The van der Waals surface area contributed by atoms with E-state index in [1.165, 1.54) is 0 Å². The summed E-state index contributed by atoms with van der Waals surface area (Å²) < 4.78 is 0. The van der Waals surface area contributed by atoms with Crippen LogP contribution in [0.15, 0.2) is 24.3 Å². The van der Waals surface area contributed by atoms with Crippen molar-refractivity contribution in [2.45, 2.75) is 58.3 Å². The number of halogens is 1. The van der Waals surface area contributed by atoms with Gasteiger partial charge in [-0.25, -0.2) is 0 Å². The number of carbonyl (C=O) groups excluding carboxylic acids is 1. The molecule has 1 aromatic rings. The first-order valence-electron chi connectivity index (χ1n) is 7.62. The van der Waals surface area contributed by atoms with Gasteiger partial charge >= 0.3 is 0 Å². The van der Waals surface area contributed by atoms with Gasteiger partial charge in [-0.2, -0.15) is 0 Å². The lowest BCUT2D eigenvalue weighted by Gasteiger charge is -2.26. The molecule has 0 radical (unpaired) electrons. The molecule has 0 saturated heterocycles. The average Bonchev–Trinajstić information content (AvgIpc) is 2.46. The number of benzene rings is 1. The minimum atomic E-state index is -0.411. The Morgan fingerprint density at radius 1 is 1.20 bits per heavy atom. The van der Waals surface area contributed by atoms with Gasteiger partial charge in [0.25, 0.3) is 0 Å². The number of para-hydroxylation sites is 1. The van der Waals surface area contributed by atoms with E-state index >= 15 is 0 Å². The molecule has 0 spiro atoms. The zero-order chi connectivity index (χ0) is 15.0. The van der Waals surface area contributed by atoms with Crippen LogP contribution in [0.3, 0.4) is 0 Å². The van der Waals surface area contributed by atoms with Gasteiger partial charge in [-0.3, -0.25) is 4.79 Å². The largest absolute Gasteiger partial charge is 0.311 e. The highest BCUT2D eigenvalue weighted by molar-refractivity contribution is 6.32. The second-order valence-electron chi connectivity index (χ2n) is 5.24. The zero-order valence-electron chi connectivity index (χ0n) is 12.9. The van der Waals surface area contributed by atoms with Gasteiger partial charge in [0.2, 0.25) is 5.91 Å². The monoisotopic (exact) mass is 295 g/mol. The molecule has 1 aromatic carbocycles. The number of carbonyl (C=O) groups is 1. The van der Waals surface area contributed by atoms with Gasteiger partial charge < -0.3 is 4.90 Å². The predicted octanol–water partition coefficient (Wildman–Crippen LogP) is 4.93. The maximum Gasteiger partial charge on any atom is 0.245 e. The lowest BCUT2D eigenvalue weighted by molar-refractivity contribution is -0.118. The van der Waals surface area contributed by atoms with E-state index in [9.17, 15) is 4.79 Å². The van der Waals surface area contributed by atoms with Crippen molar-refractivity contribution in [2.75, 3.05) is 11.4 Å². The van der Waals surface area contributed by atoms with E-state index in [0.29, 0.717) is 0 Å². The van der Waals surface area contributed by atoms with Crippen LogP contribution in [0.25, 0.3) is 0 Å². The molecule has 20 heavy (non-hydrogen) atoms. The molecule has 0 N–H and O–H groups in total. The third kappa shape index (κ3) is 4.82. The van der Waals surface area contributed by atoms with Crippen molar-refractivity contribution in [3.05, 3.63) is 29.8 Å². The number of hydrogen-bond donors (Lipinski definition) is 0. The minimum Gasteiger partial charge on any atom is -0.311 e. The van der Waals surface area contributed by atoms with Crippen LogP contribution in [0.4, 0.5) is 5.69 Å². The SMILES string of the molecule is CCCCC(Cl)C(=O)N(CCCC)c1ccccc1C. The van der Waals surface area contributed by atoms with Crippen LogP contribution in [-0.2, 0) is 4.79 Å². The summed E-state index contributed by atoms with van der Waals surface area (Å²) in [5.74, 6) is 0.0443. The summed E-state index contributed by atoms with van der Waals surface area (Å²) >= 11 is 6.29. The van der Waals surface area contributed by atoms with Crippen LogP contribution < -0.4 is 4.90 Å². The summed E-state index contributed by atoms with van der Waals surface area (Å²) in [6.07, 6.45) is 4.88. The molecule has 1 rings (SSSR count). The van der Waals surface area contributed by atoms with Crippen molar-refractivity contribution >= 4 is 23.2 Å². The summed E-state index contributed by atoms with van der Waals surface area (Å²) in [7, 11) is 0. The minimum absolute atomic E-state index is 0.0443.